The minimum absolute atomic E-state index is 0.0657. The van der Waals surface area contributed by atoms with Crippen molar-refractivity contribution in [3.05, 3.63) is 35.9 Å². The molecular weight excluding hydrogens is 239 g/mol. The molecule has 12 heavy (non-hydrogen) atoms. The Labute approximate surface area is 85.5 Å². The summed E-state index contributed by atoms with van der Waals surface area (Å²) in [7, 11) is 0. The van der Waals surface area contributed by atoms with Gasteiger partial charge in [-0.2, -0.15) is 0 Å². The molecule has 0 heterocycles. The summed E-state index contributed by atoms with van der Waals surface area (Å²) in [4.78, 5) is -0.679. The van der Waals surface area contributed by atoms with Crippen molar-refractivity contribution in [2.45, 2.75) is 4.87 Å². The summed E-state index contributed by atoms with van der Waals surface area (Å²) < 4.78 is 0. The van der Waals surface area contributed by atoms with Gasteiger partial charge in [0, 0.05) is 5.33 Å². The average molecular weight is 250 g/mol. The van der Waals surface area contributed by atoms with Crippen molar-refractivity contribution < 1.29 is 5.11 Å². The van der Waals surface area contributed by atoms with E-state index < -0.39 is 4.87 Å². The van der Waals surface area contributed by atoms with Crippen LogP contribution in [-0.2, 0) is 4.87 Å². The Morgan fingerprint density at radius 3 is 2.33 bits per heavy atom. The van der Waals surface area contributed by atoms with Crippen molar-refractivity contribution in [3.8, 4) is 0 Å². The number of alkyl halides is 2. The quantitative estimate of drug-likeness (QED) is 0.816. The molecule has 0 unspecified atom stereocenters. The van der Waals surface area contributed by atoms with Crippen molar-refractivity contribution >= 4 is 27.5 Å². The minimum Gasteiger partial charge on any atom is -0.394 e. The third-order valence-corrected chi connectivity index (χ3v) is 3.51. The van der Waals surface area contributed by atoms with Gasteiger partial charge in [-0.25, -0.2) is 0 Å². The van der Waals surface area contributed by atoms with Gasteiger partial charge in [-0.05, 0) is 5.56 Å². The van der Waals surface area contributed by atoms with Crippen molar-refractivity contribution in [2.24, 2.45) is 0 Å². The molecule has 0 radical (unpaired) electrons. The van der Waals surface area contributed by atoms with E-state index in [1.807, 2.05) is 30.3 Å². The van der Waals surface area contributed by atoms with E-state index in [0.29, 0.717) is 5.33 Å². The molecule has 66 valence electrons. The molecule has 0 aliphatic rings. The van der Waals surface area contributed by atoms with Crippen LogP contribution in [0.4, 0.5) is 0 Å². The van der Waals surface area contributed by atoms with E-state index in [1.165, 1.54) is 0 Å². The number of aliphatic hydroxyl groups is 1. The molecule has 0 spiro atoms. The van der Waals surface area contributed by atoms with E-state index in [4.69, 9.17) is 16.7 Å². The van der Waals surface area contributed by atoms with Crippen molar-refractivity contribution in [2.75, 3.05) is 11.9 Å². The highest BCUT2D eigenvalue weighted by Gasteiger charge is 2.26. The first-order valence-corrected chi connectivity index (χ1v) is 5.14. The van der Waals surface area contributed by atoms with Crippen molar-refractivity contribution in [1.82, 2.24) is 0 Å². The molecule has 0 fully saturated rings. The highest BCUT2D eigenvalue weighted by molar-refractivity contribution is 9.09. The van der Waals surface area contributed by atoms with Gasteiger partial charge in [-0.3, -0.25) is 0 Å². The molecule has 0 saturated heterocycles. The van der Waals surface area contributed by atoms with Crippen LogP contribution in [0.15, 0.2) is 30.3 Å². The van der Waals surface area contributed by atoms with Gasteiger partial charge in [0.2, 0.25) is 0 Å². The molecule has 1 aromatic rings. The highest BCUT2D eigenvalue weighted by Crippen LogP contribution is 2.30. The topological polar surface area (TPSA) is 20.2 Å². The van der Waals surface area contributed by atoms with Crippen LogP contribution in [0.5, 0.6) is 0 Å². The maximum atomic E-state index is 9.08. The molecule has 0 saturated carbocycles. The monoisotopic (exact) mass is 248 g/mol. The molecule has 1 atom stereocenters. The number of hydrogen-bond acceptors (Lipinski definition) is 1. The van der Waals surface area contributed by atoms with Crippen molar-refractivity contribution in [1.29, 1.82) is 0 Å². The largest absolute Gasteiger partial charge is 0.394 e. The Hall–Kier alpha value is -0.0500. The third-order valence-electron chi connectivity index (χ3n) is 1.75. The van der Waals surface area contributed by atoms with Crippen LogP contribution in [0.25, 0.3) is 0 Å². The summed E-state index contributed by atoms with van der Waals surface area (Å²) >= 11 is 9.41. The van der Waals surface area contributed by atoms with Gasteiger partial charge in [0.1, 0.15) is 4.87 Å². The highest BCUT2D eigenvalue weighted by atomic mass is 79.9. The number of benzene rings is 1. The molecule has 0 bridgehead atoms. The summed E-state index contributed by atoms with van der Waals surface area (Å²) in [6.45, 7) is -0.0657. The average Bonchev–Trinajstić information content (AvgIpc) is 2.18. The molecule has 1 N–H and O–H groups in total. The number of hydrogen-bond donors (Lipinski definition) is 1. The van der Waals surface area contributed by atoms with Crippen LogP contribution in [0.1, 0.15) is 5.56 Å². The molecule has 1 rings (SSSR count). The zero-order valence-electron chi connectivity index (χ0n) is 6.50. The van der Waals surface area contributed by atoms with E-state index in [-0.39, 0.29) is 6.61 Å². The lowest BCUT2D eigenvalue weighted by molar-refractivity contribution is 0.257. The molecule has 0 aliphatic heterocycles. The van der Waals surface area contributed by atoms with Gasteiger partial charge in [0.15, 0.2) is 0 Å². The summed E-state index contributed by atoms with van der Waals surface area (Å²) in [5.41, 5.74) is 0.936. The molecule has 1 nitrogen and oxygen atoms in total. The van der Waals surface area contributed by atoms with E-state index in [1.54, 1.807) is 0 Å². The molecule has 0 aliphatic carbocycles. The predicted octanol–water partition coefficient (Wildman–Crippen LogP) is 2.51. The van der Waals surface area contributed by atoms with Gasteiger partial charge in [0.05, 0.1) is 6.61 Å². The lowest BCUT2D eigenvalue weighted by Gasteiger charge is -2.22. The SMILES string of the molecule is OC[C@](Cl)(CBr)c1ccccc1. The fourth-order valence-electron chi connectivity index (χ4n) is 0.948. The van der Waals surface area contributed by atoms with Gasteiger partial charge in [-0.15, -0.1) is 11.6 Å². The van der Waals surface area contributed by atoms with Crippen LogP contribution in [0.3, 0.4) is 0 Å². The number of halogens is 2. The van der Waals surface area contributed by atoms with E-state index in [9.17, 15) is 0 Å². The molecule has 0 aromatic heterocycles. The second-order valence-electron chi connectivity index (χ2n) is 2.62. The van der Waals surface area contributed by atoms with Crippen LogP contribution in [0, 0.1) is 0 Å². The molecule has 3 heteroatoms. The van der Waals surface area contributed by atoms with Gasteiger partial charge >= 0.3 is 0 Å². The fraction of sp³-hybridized carbons (Fsp3) is 0.333. The standard InChI is InChI=1S/C9H10BrClO/c10-6-9(11,7-12)8-4-2-1-3-5-8/h1-5,12H,6-7H2/t9-/m1/s1. The summed E-state index contributed by atoms with van der Waals surface area (Å²) in [6, 6.07) is 9.55. The lowest BCUT2D eigenvalue weighted by atomic mass is 10.0. The Kier molecular flexibility index (Phi) is 3.56. The Balaban J connectivity index is 2.95. The van der Waals surface area contributed by atoms with Crippen LogP contribution >= 0.6 is 27.5 Å². The van der Waals surface area contributed by atoms with Crippen LogP contribution in [0.2, 0.25) is 0 Å². The van der Waals surface area contributed by atoms with Crippen LogP contribution in [-0.4, -0.2) is 17.0 Å². The van der Waals surface area contributed by atoms with E-state index in [2.05, 4.69) is 15.9 Å². The smallest absolute Gasteiger partial charge is 0.102 e. The third kappa shape index (κ3) is 2.00. The Bertz CT molecular complexity index is 234. The van der Waals surface area contributed by atoms with Crippen molar-refractivity contribution in [3.63, 3.8) is 0 Å². The maximum absolute atomic E-state index is 9.08. The Morgan fingerprint density at radius 2 is 1.92 bits per heavy atom. The molecule has 0 amide bonds. The second-order valence-corrected chi connectivity index (χ2v) is 3.91. The first-order valence-electron chi connectivity index (χ1n) is 3.64. The summed E-state index contributed by atoms with van der Waals surface area (Å²) in [6.07, 6.45) is 0. The van der Waals surface area contributed by atoms with Gasteiger partial charge < -0.3 is 5.11 Å². The number of rotatable bonds is 3. The lowest BCUT2D eigenvalue weighted by Crippen LogP contribution is -2.25. The predicted molar refractivity (Wildman–Crippen MR) is 54.9 cm³/mol. The van der Waals surface area contributed by atoms with E-state index >= 15 is 0 Å². The zero-order valence-corrected chi connectivity index (χ0v) is 8.85. The second kappa shape index (κ2) is 4.26. The van der Waals surface area contributed by atoms with Crippen LogP contribution < -0.4 is 0 Å². The zero-order chi connectivity index (χ0) is 9.03. The minimum atomic E-state index is -0.679. The van der Waals surface area contributed by atoms with E-state index in [0.717, 1.165) is 5.56 Å². The Morgan fingerprint density at radius 1 is 1.33 bits per heavy atom. The first-order chi connectivity index (χ1) is 5.73. The normalized spacial score (nSPS) is 15.6. The fourth-order valence-corrected chi connectivity index (χ4v) is 1.57. The van der Waals surface area contributed by atoms with Gasteiger partial charge in [0.25, 0.3) is 0 Å². The first kappa shape index (κ1) is 10.0. The maximum Gasteiger partial charge on any atom is 0.102 e. The summed E-state index contributed by atoms with van der Waals surface area (Å²) in [5.74, 6) is 0. The summed E-state index contributed by atoms with van der Waals surface area (Å²) in [5, 5.41) is 9.62. The van der Waals surface area contributed by atoms with Gasteiger partial charge in [-0.1, -0.05) is 46.3 Å². The molecular formula is C9H10BrClO. The molecule has 1 aromatic carbocycles. The number of aliphatic hydroxyl groups excluding tert-OH is 1.